The minimum absolute atomic E-state index is 0.108. The Kier molecular flexibility index (Phi) is 4.80. The minimum Gasteiger partial charge on any atom is -0.493 e. The van der Waals surface area contributed by atoms with Crippen molar-refractivity contribution in [2.45, 2.75) is 19.3 Å². The summed E-state index contributed by atoms with van der Waals surface area (Å²) < 4.78 is 17.7. The number of H-pyrrole nitrogens is 1. The first-order chi connectivity index (χ1) is 13.2. The number of carbonyl (C=O) groups excluding carboxylic acids is 1. The van der Waals surface area contributed by atoms with E-state index in [0.717, 1.165) is 22.4 Å². The molecule has 4 rings (SSSR count). The van der Waals surface area contributed by atoms with E-state index in [-0.39, 0.29) is 11.9 Å². The number of fused-ring (bicyclic) bond motifs is 1. The maximum absolute atomic E-state index is 12.8. The van der Waals surface area contributed by atoms with Crippen LogP contribution in [0.4, 0.5) is 5.95 Å². The summed E-state index contributed by atoms with van der Waals surface area (Å²) in [5.74, 6) is 2.22. The predicted molar refractivity (Wildman–Crippen MR) is 99.9 cm³/mol. The summed E-state index contributed by atoms with van der Waals surface area (Å²) in [5.41, 5.74) is 0. The van der Waals surface area contributed by atoms with Crippen LogP contribution in [0.5, 0.6) is 17.2 Å². The lowest BCUT2D eigenvalue weighted by atomic mass is 10.2. The first-order valence-corrected chi connectivity index (χ1v) is 9.37. The van der Waals surface area contributed by atoms with Gasteiger partial charge in [-0.2, -0.15) is 5.21 Å². The highest BCUT2D eigenvalue weighted by atomic mass is 32.1. The molecule has 3 aromatic rings. The molecule has 0 spiro atoms. The number of aromatic amines is 1. The lowest BCUT2D eigenvalue weighted by Crippen LogP contribution is -2.13. The maximum atomic E-state index is 12.8. The van der Waals surface area contributed by atoms with Crippen LogP contribution in [0.1, 0.15) is 28.9 Å². The number of amides is 1. The number of hydrogen-bond donors (Lipinski definition) is 2. The summed E-state index contributed by atoms with van der Waals surface area (Å²) in [6.07, 6.45) is 3.49. The molecule has 1 amide bonds. The number of tetrazole rings is 1. The molecule has 10 heteroatoms. The summed E-state index contributed by atoms with van der Waals surface area (Å²) in [4.78, 5) is 13.2. The van der Waals surface area contributed by atoms with Gasteiger partial charge in [-0.05, 0) is 23.6 Å². The average Bonchev–Trinajstić information content (AvgIpc) is 3.23. The second-order valence-electron chi connectivity index (χ2n) is 6.23. The lowest BCUT2D eigenvalue weighted by molar-refractivity contribution is 0.102. The van der Waals surface area contributed by atoms with Crippen molar-refractivity contribution in [3.05, 3.63) is 17.0 Å². The van der Waals surface area contributed by atoms with E-state index in [2.05, 4.69) is 25.9 Å². The topological polar surface area (TPSA) is 111 Å². The number of hydrogen-bond acceptors (Lipinski definition) is 8. The monoisotopic (exact) mass is 389 g/mol. The molecule has 0 unspecified atom stereocenters. The Morgan fingerprint density at radius 2 is 2.07 bits per heavy atom. The molecule has 1 fully saturated rings. The molecule has 1 saturated carbocycles. The fourth-order valence-corrected chi connectivity index (χ4v) is 3.85. The fourth-order valence-electron chi connectivity index (χ4n) is 2.80. The number of benzene rings is 1. The highest BCUT2D eigenvalue weighted by molar-refractivity contribution is 7.21. The van der Waals surface area contributed by atoms with Crippen LogP contribution in [-0.2, 0) is 0 Å². The molecule has 1 aliphatic carbocycles. The van der Waals surface area contributed by atoms with Gasteiger partial charge in [0.2, 0.25) is 0 Å². The van der Waals surface area contributed by atoms with E-state index >= 15 is 0 Å². The summed E-state index contributed by atoms with van der Waals surface area (Å²) in [6.45, 7) is 0.563. The van der Waals surface area contributed by atoms with Crippen LogP contribution in [0.25, 0.3) is 10.1 Å². The Bertz CT molecular complexity index is 952. The summed E-state index contributed by atoms with van der Waals surface area (Å²) in [7, 11) is 3.15. The van der Waals surface area contributed by atoms with E-state index in [1.807, 2.05) is 12.1 Å². The molecule has 27 heavy (non-hydrogen) atoms. The summed E-state index contributed by atoms with van der Waals surface area (Å²) >= 11 is 1.32. The molecule has 0 radical (unpaired) electrons. The summed E-state index contributed by atoms with van der Waals surface area (Å²) in [5, 5.41) is 16.7. The number of aromatic nitrogens is 4. The number of methoxy groups -OCH3 is 2. The zero-order chi connectivity index (χ0) is 18.8. The van der Waals surface area contributed by atoms with Gasteiger partial charge in [0.25, 0.3) is 11.9 Å². The van der Waals surface area contributed by atoms with Crippen molar-refractivity contribution in [2.75, 3.05) is 26.1 Å². The number of rotatable bonds is 8. The lowest BCUT2D eigenvalue weighted by Gasteiger charge is -2.10. The van der Waals surface area contributed by atoms with Gasteiger partial charge in [0, 0.05) is 16.2 Å². The van der Waals surface area contributed by atoms with Crippen LogP contribution in [0.3, 0.4) is 0 Å². The van der Waals surface area contributed by atoms with Crippen molar-refractivity contribution in [2.24, 2.45) is 5.92 Å². The predicted octanol–water partition coefficient (Wildman–Crippen LogP) is 2.86. The molecule has 2 N–H and O–H groups in total. The summed E-state index contributed by atoms with van der Waals surface area (Å²) in [6, 6.07) is 3.68. The van der Waals surface area contributed by atoms with Crippen molar-refractivity contribution >= 4 is 33.3 Å². The van der Waals surface area contributed by atoms with Gasteiger partial charge in [0.1, 0.15) is 4.88 Å². The molecule has 2 aromatic heterocycles. The number of anilines is 1. The Morgan fingerprint density at radius 1 is 1.30 bits per heavy atom. The molecular weight excluding hydrogens is 370 g/mol. The molecule has 0 atom stereocenters. The fraction of sp³-hybridized carbons (Fsp3) is 0.412. The van der Waals surface area contributed by atoms with Gasteiger partial charge in [0.05, 0.1) is 20.8 Å². The largest absolute Gasteiger partial charge is 0.493 e. The number of carbonyl (C=O) groups is 1. The van der Waals surface area contributed by atoms with E-state index in [0.29, 0.717) is 28.7 Å². The Balaban J connectivity index is 1.71. The zero-order valence-corrected chi connectivity index (χ0v) is 15.8. The van der Waals surface area contributed by atoms with Gasteiger partial charge in [-0.3, -0.25) is 10.1 Å². The molecule has 0 bridgehead atoms. The van der Waals surface area contributed by atoms with Crippen molar-refractivity contribution in [3.63, 3.8) is 0 Å². The number of thiophene rings is 1. The maximum Gasteiger partial charge on any atom is 0.272 e. The second kappa shape index (κ2) is 7.39. The Morgan fingerprint density at radius 3 is 2.74 bits per heavy atom. The molecule has 0 aliphatic heterocycles. The van der Waals surface area contributed by atoms with E-state index in [4.69, 9.17) is 14.2 Å². The van der Waals surface area contributed by atoms with Crippen molar-refractivity contribution in [3.8, 4) is 17.2 Å². The van der Waals surface area contributed by atoms with Crippen molar-refractivity contribution < 1.29 is 19.0 Å². The van der Waals surface area contributed by atoms with E-state index in [1.165, 1.54) is 24.2 Å². The van der Waals surface area contributed by atoms with Gasteiger partial charge in [-0.1, -0.05) is 17.9 Å². The third-order valence-corrected chi connectivity index (χ3v) is 5.53. The standard InChI is InChI=1S/C17H19N5O4S/c1-24-11-7-10-13(8-12(11)25-2)27-15(14(10)26-6-5-9-3-4-9)16(23)18-17-19-21-22-20-17/h7-9H,3-6H2,1-2H3,(H2,18,19,20,21,22,23). The molecule has 0 saturated heterocycles. The van der Waals surface area contributed by atoms with Crippen LogP contribution in [0.2, 0.25) is 0 Å². The molecular formula is C17H19N5O4S. The van der Waals surface area contributed by atoms with Crippen molar-refractivity contribution in [1.82, 2.24) is 20.6 Å². The number of nitrogens with one attached hydrogen (secondary N) is 2. The second-order valence-corrected chi connectivity index (χ2v) is 7.29. The first-order valence-electron chi connectivity index (χ1n) is 8.55. The van der Waals surface area contributed by atoms with Crippen molar-refractivity contribution in [1.29, 1.82) is 0 Å². The van der Waals surface area contributed by atoms with Crippen LogP contribution < -0.4 is 19.5 Å². The van der Waals surface area contributed by atoms with Crippen LogP contribution >= 0.6 is 11.3 Å². The first kappa shape index (κ1) is 17.5. The van der Waals surface area contributed by atoms with E-state index in [1.54, 1.807) is 14.2 Å². The Hall–Kier alpha value is -2.88. The highest BCUT2D eigenvalue weighted by Gasteiger charge is 2.25. The highest BCUT2D eigenvalue weighted by Crippen LogP contribution is 2.44. The molecule has 142 valence electrons. The van der Waals surface area contributed by atoms with Gasteiger partial charge in [-0.15, -0.1) is 16.4 Å². The molecule has 2 heterocycles. The van der Waals surface area contributed by atoms with Gasteiger partial charge >= 0.3 is 0 Å². The zero-order valence-electron chi connectivity index (χ0n) is 14.9. The average molecular weight is 389 g/mol. The number of ether oxygens (including phenoxy) is 3. The van der Waals surface area contributed by atoms with Gasteiger partial charge in [0.15, 0.2) is 17.2 Å². The third-order valence-electron chi connectivity index (χ3n) is 4.39. The van der Waals surface area contributed by atoms with Crippen LogP contribution in [-0.4, -0.2) is 47.4 Å². The van der Waals surface area contributed by atoms with Gasteiger partial charge in [-0.25, -0.2) is 0 Å². The smallest absolute Gasteiger partial charge is 0.272 e. The Labute approximate surface area is 159 Å². The van der Waals surface area contributed by atoms with E-state index in [9.17, 15) is 4.79 Å². The molecule has 1 aliphatic rings. The van der Waals surface area contributed by atoms with Crippen LogP contribution in [0.15, 0.2) is 12.1 Å². The quantitative estimate of drug-likeness (QED) is 0.609. The number of nitrogens with zero attached hydrogens (tertiary/aromatic N) is 3. The normalized spacial score (nSPS) is 13.6. The SMILES string of the molecule is COc1cc2sc(C(=O)Nc3nn[nH]n3)c(OCCC3CC3)c2cc1OC. The minimum atomic E-state index is -0.350. The van der Waals surface area contributed by atoms with Gasteiger partial charge < -0.3 is 14.2 Å². The van der Waals surface area contributed by atoms with Crippen LogP contribution in [0, 0.1) is 5.92 Å². The van der Waals surface area contributed by atoms with E-state index < -0.39 is 0 Å². The molecule has 1 aromatic carbocycles. The molecule has 9 nitrogen and oxygen atoms in total. The third kappa shape index (κ3) is 3.65.